The van der Waals surface area contributed by atoms with Crippen molar-refractivity contribution in [3.8, 4) is 0 Å². The molecule has 0 aliphatic rings. The molecule has 0 saturated heterocycles. The van der Waals surface area contributed by atoms with Crippen LogP contribution in [0.25, 0.3) is 0 Å². The molecule has 0 radical (unpaired) electrons. The molecule has 0 unspecified atom stereocenters. The summed E-state index contributed by atoms with van der Waals surface area (Å²) in [6.45, 7) is 2.23. The molecule has 1 amide bonds. The van der Waals surface area contributed by atoms with Gasteiger partial charge in [0.1, 0.15) is 5.76 Å². The summed E-state index contributed by atoms with van der Waals surface area (Å²) in [5.74, 6) is 0.796. The van der Waals surface area contributed by atoms with Crippen LogP contribution in [-0.2, 0) is 6.54 Å². The van der Waals surface area contributed by atoms with Crippen LogP contribution in [0, 0.1) is 6.92 Å². The van der Waals surface area contributed by atoms with Crippen LogP contribution in [0.5, 0.6) is 0 Å². The normalized spacial score (nSPS) is 10.2. The van der Waals surface area contributed by atoms with Gasteiger partial charge in [-0.25, -0.2) is 0 Å². The van der Waals surface area contributed by atoms with Crippen molar-refractivity contribution in [3.63, 3.8) is 0 Å². The summed E-state index contributed by atoms with van der Waals surface area (Å²) in [4.78, 5) is 11.5. The zero-order chi connectivity index (χ0) is 10.7. The van der Waals surface area contributed by atoms with Crippen molar-refractivity contribution in [2.45, 2.75) is 13.5 Å². The number of aryl methyl sites for hydroxylation is 1. The molecule has 78 valence electrons. The van der Waals surface area contributed by atoms with Crippen LogP contribution in [0.4, 0.5) is 0 Å². The molecule has 0 fully saturated rings. The third-order valence-corrected chi connectivity index (χ3v) is 1.96. The average molecular weight is 205 g/mol. The van der Waals surface area contributed by atoms with Gasteiger partial charge >= 0.3 is 0 Å². The van der Waals surface area contributed by atoms with E-state index in [1.807, 2.05) is 6.92 Å². The van der Waals surface area contributed by atoms with E-state index < -0.39 is 0 Å². The summed E-state index contributed by atoms with van der Waals surface area (Å²) in [5, 5.41) is 2.69. The van der Waals surface area contributed by atoms with Gasteiger partial charge in [-0.3, -0.25) is 4.79 Å². The zero-order valence-corrected chi connectivity index (χ0v) is 8.32. The zero-order valence-electron chi connectivity index (χ0n) is 8.32. The number of carbonyl (C=O) groups is 1. The number of hydrogen-bond acceptors (Lipinski definition) is 3. The van der Waals surface area contributed by atoms with Gasteiger partial charge in [-0.05, 0) is 30.7 Å². The average Bonchev–Trinajstić information content (AvgIpc) is 2.84. The van der Waals surface area contributed by atoms with E-state index in [1.165, 1.54) is 0 Å². The SMILES string of the molecule is Cc1coc(C(=O)NCc2ccco2)c1. The third kappa shape index (κ3) is 2.28. The lowest BCUT2D eigenvalue weighted by molar-refractivity contribution is 0.0920. The molecule has 0 atom stereocenters. The number of nitrogens with one attached hydrogen (secondary N) is 1. The van der Waals surface area contributed by atoms with Crippen molar-refractivity contribution in [2.24, 2.45) is 0 Å². The van der Waals surface area contributed by atoms with Crippen LogP contribution in [-0.4, -0.2) is 5.91 Å². The molecule has 2 aromatic rings. The number of rotatable bonds is 3. The fourth-order valence-corrected chi connectivity index (χ4v) is 1.22. The first kappa shape index (κ1) is 9.58. The van der Waals surface area contributed by atoms with Crippen LogP contribution in [0.1, 0.15) is 21.9 Å². The van der Waals surface area contributed by atoms with Gasteiger partial charge in [0.15, 0.2) is 5.76 Å². The molecule has 4 nitrogen and oxygen atoms in total. The van der Waals surface area contributed by atoms with E-state index in [9.17, 15) is 4.79 Å². The van der Waals surface area contributed by atoms with Crippen LogP contribution in [0.2, 0.25) is 0 Å². The van der Waals surface area contributed by atoms with Crippen molar-refractivity contribution in [3.05, 3.63) is 47.8 Å². The molecule has 15 heavy (non-hydrogen) atoms. The maximum absolute atomic E-state index is 11.5. The van der Waals surface area contributed by atoms with Crippen molar-refractivity contribution in [2.75, 3.05) is 0 Å². The lowest BCUT2D eigenvalue weighted by Crippen LogP contribution is -2.21. The Balaban J connectivity index is 1.93. The van der Waals surface area contributed by atoms with Crippen molar-refractivity contribution < 1.29 is 13.6 Å². The Morgan fingerprint density at radius 1 is 1.47 bits per heavy atom. The lowest BCUT2D eigenvalue weighted by atomic mass is 10.3. The molecular weight excluding hydrogens is 194 g/mol. The minimum absolute atomic E-state index is 0.237. The topological polar surface area (TPSA) is 55.4 Å². The molecule has 2 rings (SSSR count). The van der Waals surface area contributed by atoms with Gasteiger partial charge in [-0.1, -0.05) is 0 Å². The Bertz CT molecular complexity index is 442. The van der Waals surface area contributed by atoms with Gasteiger partial charge in [0, 0.05) is 0 Å². The second-order valence-corrected chi connectivity index (χ2v) is 3.25. The minimum atomic E-state index is -0.237. The summed E-state index contributed by atoms with van der Waals surface area (Å²) in [6, 6.07) is 5.27. The third-order valence-electron chi connectivity index (χ3n) is 1.96. The summed E-state index contributed by atoms with van der Waals surface area (Å²) < 4.78 is 10.1. The van der Waals surface area contributed by atoms with E-state index in [0.29, 0.717) is 18.1 Å². The quantitative estimate of drug-likeness (QED) is 0.834. The van der Waals surface area contributed by atoms with Crippen LogP contribution in [0.15, 0.2) is 39.6 Å². The first-order valence-corrected chi connectivity index (χ1v) is 4.61. The molecule has 2 heterocycles. The Morgan fingerprint density at radius 2 is 2.33 bits per heavy atom. The molecular formula is C11H11NO3. The van der Waals surface area contributed by atoms with E-state index in [4.69, 9.17) is 8.83 Å². The Hall–Kier alpha value is -1.97. The van der Waals surface area contributed by atoms with E-state index >= 15 is 0 Å². The highest BCUT2D eigenvalue weighted by molar-refractivity contribution is 5.91. The molecule has 1 N–H and O–H groups in total. The summed E-state index contributed by atoms with van der Waals surface area (Å²) >= 11 is 0. The molecule has 0 saturated carbocycles. The molecule has 4 heteroatoms. The van der Waals surface area contributed by atoms with Gasteiger partial charge in [-0.15, -0.1) is 0 Å². The summed E-state index contributed by atoms with van der Waals surface area (Å²) in [6.07, 6.45) is 3.11. The monoisotopic (exact) mass is 205 g/mol. The highest BCUT2D eigenvalue weighted by atomic mass is 16.3. The molecule has 0 bridgehead atoms. The largest absolute Gasteiger partial charge is 0.467 e. The maximum atomic E-state index is 11.5. The Morgan fingerprint density at radius 3 is 2.93 bits per heavy atom. The van der Waals surface area contributed by atoms with Crippen molar-refractivity contribution in [1.29, 1.82) is 0 Å². The molecule has 0 aliphatic heterocycles. The van der Waals surface area contributed by atoms with Gasteiger partial charge in [0.25, 0.3) is 5.91 Å². The number of hydrogen-bond donors (Lipinski definition) is 1. The molecule has 0 aromatic carbocycles. The van der Waals surface area contributed by atoms with Gasteiger partial charge in [0.2, 0.25) is 0 Å². The van der Waals surface area contributed by atoms with Gasteiger partial charge in [0.05, 0.1) is 19.1 Å². The highest BCUT2D eigenvalue weighted by Gasteiger charge is 2.09. The molecule has 2 aromatic heterocycles. The fraction of sp³-hybridized carbons (Fsp3) is 0.182. The van der Waals surface area contributed by atoms with Gasteiger partial charge in [-0.2, -0.15) is 0 Å². The van der Waals surface area contributed by atoms with E-state index in [2.05, 4.69) is 5.32 Å². The highest BCUT2D eigenvalue weighted by Crippen LogP contribution is 2.06. The van der Waals surface area contributed by atoms with E-state index in [0.717, 1.165) is 5.56 Å². The fourth-order valence-electron chi connectivity index (χ4n) is 1.22. The second-order valence-electron chi connectivity index (χ2n) is 3.25. The molecule has 0 aliphatic carbocycles. The van der Waals surface area contributed by atoms with Crippen LogP contribution in [0.3, 0.4) is 0 Å². The number of carbonyl (C=O) groups excluding carboxylic acids is 1. The predicted octanol–water partition coefficient (Wildman–Crippen LogP) is 2.11. The Kier molecular flexibility index (Phi) is 2.58. The minimum Gasteiger partial charge on any atom is -0.467 e. The van der Waals surface area contributed by atoms with Crippen LogP contribution < -0.4 is 5.32 Å². The first-order valence-electron chi connectivity index (χ1n) is 4.61. The predicted molar refractivity (Wildman–Crippen MR) is 53.3 cm³/mol. The standard InChI is InChI=1S/C11H11NO3/c1-8-5-10(15-7-8)11(13)12-6-9-3-2-4-14-9/h2-5,7H,6H2,1H3,(H,12,13). The van der Waals surface area contributed by atoms with E-state index in [-0.39, 0.29) is 5.91 Å². The lowest BCUT2D eigenvalue weighted by Gasteiger charge is -1.99. The van der Waals surface area contributed by atoms with Crippen molar-refractivity contribution >= 4 is 5.91 Å². The van der Waals surface area contributed by atoms with Crippen LogP contribution >= 0.6 is 0 Å². The Labute approximate surface area is 86.9 Å². The maximum Gasteiger partial charge on any atom is 0.287 e. The summed E-state index contributed by atoms with van der Waals surface area (Å²) in [7, 11) is 0. The smallest absolute Gasteiger partial charge is 0.287 e. The van der Waals surface area contributed by atoms with Gasteiger partial charge < -0.3 is 14.2 Å². The molecule has 0 spiro atoms. The number of furan rings is 2. The van der Waals surface area contributed by atoms with Crippen molar-refractivity contribution in [1.82, 2.24) is 5.32 Å². The summed E-state index contributed by atoms with van der Waals surface area (Å²) in [5.41, 5.74) is 0.929. The van der Waals surface area contributed by atoms with E-state index in [1.54, 1.807) is 30.7 Å². The second kappa shape index (κ2) is 4.04. The first-order chi connectivity index (χ1) is 7.25. The number of amides is 1.